The monoisotopic (exact) mass is 239 g/mol. The Morgan fingerprint density at radius 2 is 2.24 bits per heavy atom. The third kappa shape index (κ3) is 3.26. The van der Waals surface area contributed by atoms with Crippen LogP contribution in [0.3, 0.4) is 0 Å². The van der Waals surface area contributed by atoms with Crippen molar-refractivity contribution in [3.8, 4) is 0 Å². The lowest BCUT2D eigenvalue weighted by molar-refractivity contribution is -0.139. The average Bonchev–Trinajstić information content (AvgIpc) is 2.33. The zero-order valence-electron chi connectivity index (χ0n) is 10.4. The maximum absolute atomic E-state index is 11.5. The van der Waals surface area contributed by atoms with Crippen LogP contribution in [0.15, 0.2) is 0 Å². The first-order valence-corrected chi connectivity index (χ1v) is 6.45. The number of nitrogens with one attached hydrogen (secondary N) is 2. The second-order valence-electron chi connectivity index (χ2n) is 5.06. The molecule has 2 aliphatic heterocycles. The number of piperidine rings is 1. The van der Waals surface area contributed by atoms with Crippen LogP contribution in [0.5, 0.6) is 0 Å². The molecule has 2 aliphatic rings. The first-order chi connectivity index (χ1) is 8.16. The van der Waals surface area contributed by atoms with E-state index in [1.807, 2.05) is 11.8 Å². The smallest absolute Gasteiger partial charge is 0.243 e. The van der Waals surface area contributed by atoms with E-state index < -0.39 is 0 Å². The Hall–Kier alpha value is -0.940. The van der Waals surface area contributed by atoms with Crippen molar-refractivity contribution in [2.24, 2.45) is 5.92 Å². The molecule has 96 valence electrons. The van der Waals surface area contributed by atoms with Crippen molar-refractivity contribution in [2.45, 2.75) is 32.2 Å². The van der Waals surface area contributed by atoms with Gasteiger partial charge in [-0.2, -0.15) is 0 Å². The minimum absolute atomic E-state index is 0.164. The molecule has 0 aromatic heterocycles. The number of amides is 2. The van der Waals surface area contributed by atoms with Gasteiger partial charge in [0, 0.05) is 0 Å². The zero-order valence-corrected chi connectivity index (χ0v) is 10.4. The maximum Gasteiger partial charge on any atom is 0.243 e. The van der Waals surface area contributed by atoms with E-state index in [0.29, 0.717) is 12.5 Å². The summed E-state index contributed by atoms with van der Waals surface area (Å²) in [6.07, 6.45) is 3.56. The van der Waals surface area contributed by atoms with Crippen LogP contribution in [0.25, 0.3) is 0 Å². The molecule has 2 saturated heterocycles. The average molecular weight is 239 g/mol. The number of hydrogen-bond donors (Lipinski definition) is 2. The van der Waals surface area contributed by atoms with Gasteiger partial charge in [-0.1, -0.05) is 0 Å². The highest BCUT2D eigenvalue weighted by Gasteiger charge is 2.30. The van der Waals surface area contributed by atoms with E-state index in [2.05, 4.69) is 10.6 Å². The molecule has 5 nitrogen and oxygen atoms in total. The van der Waals surface area contributed by atoms with Crippen molar-refractivity contribution < 1.29 is 9.59 Å². The van der Waals surface area contributed by atoms with E-state index in [1.54, 1.807) is 0 Å². The predicted molar refractivity (Wildman–Crippen MR) is 64.4 cm³/mol. The molecule has 2 unspecified atom stereocenters. The Labute approximate surface area is 102 Å². The fourth-order valence-electron chi connectivity index (χ4n) is 2.56. The van der Waals surface area contributed by atoms with Crippen LogP contribution < -0.4 is 10.6 Å². The summed E-state index contributed by atoms with van der Waals surface area (Å²) >= 11 is 0. The van der Waals surface area contributed by atoms with E-state index >= 15 is 0 Å². The van der Waals surface area contributed by atoms with Gasteiger partial charge in [0.2, 0.25) is 11.8 Å². The van der Waals surface area contributed by atoms with Crippen molar-refractivity contribution in [1.29, 1.82) is 0 Å². The second-order valence-corrected chi connectivity index (χ2v) is 5.06. The molecule has 5 heteroatoms. The van der Waals surface area contributed by atoms with Crippen molar-refractivity contribution in [3.63, 3.8) is 0 Å². The van der Waals surface area contributed by atoms with Gasteiger partial charge in [0.1, 0.15) is 0 Å². The molecule has 0 radical (unpaired) electrons. The summed E-state index contributed by atoms with van der Waals surface area (Å²) < 4.78 is 0. The number of piperazine rings is 1. The molecular weight excluding hydrogens is 218 g/mol. The highest BCUT2D eigenvalue weighted by Crippen LogP contribution is 2.16. The van der Waals surface area contributed by atoms with Gasteiger partial charge >= 0.3 is 0 Å². The standard InChI is InChI=1S/C12H21N3O2/c1-9-12(17)14-11(16)8-15(9)6-4-10-3-2-5-13-7-10/h9-10,13H,2-8H2,1H3,(H,14,16,17). The van der Waals surface area contributed by atoms with Crippen LogP contribution in [0.2, 0.25) is 0 Å². The Bertz CT molecular complexity index is 300. The second kappa shape index (κ2) is 5.60. The van der Waals surface area contributed by atoms with Crippen LogP contribution in [0, 0.1) is 5.92 Å². The first kappa shape index (κ1) is 12.5. The molecule has 0 saturated carbocycles. The fraction of sp³-hybridized carbons (Fsp3) is 0.833. The van der Waals surface area contributed by atoms with Crippen LogP contribution in [0.4, 0.5) is 0 Å². The van der Waals surface area contributed by atoms with Gasteiger partial charge in [-0.3, -0.25) is 19.8 Å². The van der Waals surface area contributed by atoms with Gasteiger partial charge in [-0.05, 0) is 51.7 Å². The number of nitrogens with zero attached hydrogens (tertiary/aromatic N) is 1. The van der Waals surface area contributed by atoms with Crippen molar-refractivity contribution in [2.75, 3.05) is 26.2 Å². The van der Waals surface area contributed by atoms with Gasteiger partial charge in [-0.15, -0.1) is 0 Å². The minimum atomic E-state index is -0.177. The Morgan fingerprint density at radius 3 is 2.94 bits per heavy atom. The summed E-state index contributed by atoms with van der Waals surface area (Å²) in [5, 5.41) is 5.75. The lowest BCUT2D eigenvalue weighted by Gasteiger charge is -2.33. The number of rotatable bonds is 3. The molecular formula is C12H21N3O2. The van der Waals surface area contributed by atoms with Crippen LogP contribution >= 0.6 is 0 Å². The summed E-state index contributed by atoms with van der Waals surface area (Å²) in [6.45, 7) is 5.25. The number of imide groups is 1. The lowest BCUT2D eigenvalue weighted by atomic mass is 9.95. The van der Waals surface area contributed by atoms with E-state index in [0.717, 1.165) is 26.1 Å². The van der Waals surface area contributed by atoms with Gasteiger partial charge in [0.15, 0.2) is 0 Å². The molecule has 0 aromatic carbocycles. The van der Waals surface area contributed by atoms with Gasteiger partial charge < -0.3 is 5.32 Å². The Balaban J connectivity index is 1.80. The topological polar surface area (TPSA) is 61.4 Å². The van der Waals surface area contributed by atoms with E-state index in [4.69, 9.17) is 0 Å². The van der Waals surface area contributed by atoms with Gasteiger partial charge in [-0.25, -0.2) is 0 Å². The van der Waals surface area contributed by atoms with Gasteiger partial charge in [0.05, 0.1) is 12.6 Å². The summed E-state index contributed by atoms with van der Waals surface area (Å²) in [5.41, 5.74) is 0. The molecule has 0 bridgehead atoms. The van der Waals surface area contributed by atoms with E-state index in [-0.39, 0.29) is 17.9 Å². The quantitative estimate of drug-likeness (QED) is 0.665. The Morgan fingerprint density at radius 1 is 1.41 bits per heavy atom. The Kier molecular flexibility index (Phi) is 4.12. The van der Waals surface area contributed by atoms with Gasteiger partial charge in [0.25, 0.3) is 0 Å². The SMILES string of the molecule is CC1C(=O)NC(=O)CN1CCC1CCCNC1. The van der Waals surface area contributed by atoms with E-state index in [1.165, 1.54) is 12.8 Å². The number of carbonyl (C=O) groups excluding carboxylic acids is 2. The maximum atomic E-state index is 11.5. The zero-order chi connectivity index (χ0) is 12.3. The number of carbonyl (C=O) groups is 2. The molecule has 2 rings (SSSR count). The van der Waals surface area contributed by atoms with E-state index in [9.17, 15) is 9.59 Å². The number of hydrogen-bond acceptors (Lipinski definition) is 4. The molecule has 2 amide bonds. The largest absolute Gasteiger partial charge is 0.316 e. The highest BCUT2D eigenvalue weighted by atomic mass is 16.2. The third-order valence-electron chi connectivity index (χ3n) is 3.76. The summed E-state index contributed by atoms with van der Waals surface area (Å²) in [5.74, 6) is 0.355. The van der Waals surface area contributed by atoms with Crippen molar-refractivity contribution >= 4 is 11.8 Å². The predicted octanol–water partition coefficient (Wildman–Crippen LogP) is -0.277. The molecule has 0 spiro atoms. The lowest BCUT2D eigenvalue weighted by Crippen LogP contribution is -2.57. The highest BCUT2D eigenvalue weighted by molar-refractivity contribution is 6.00. The van der Waals surface area contributed by atoms with Crippen LogP contribution in [-0.2, 0) is 9.59 Å². The van der Waals surface area contributed by atoms with Crippen LogP contribution in [-0.4, -0.2) is 48.9 Å². The molecule has 2 heterocycles. The molecule has 0 aliphatic carbocycles. The molecule has 2 N–H and O–H groups in total. The molecule has 17 heavy (non-hydrogen) atoms. The molecule has 2 atom stereocenters. The third-order valence-corrected chi connectivity index (χ3v) is 3.76. The minimum Gasteiger partial charge on any atom is -0.316 e. The molecule has 0 aromatic rings. The summed E-state index contributed by atoms with van der Waals surface area (Å²) in [7, 11) is 0. The molecule has 2 fully saturated rings. The summed E-state index contributed by atoms with van der Waals surface area (Å²) in [4.78, 5) is 24.8. The van der Waals surface area contributed by atoms with Crippen LogP contribution in [0.1, 0.15) is 26.2 Å². The van der Waals surface area contributed by atoms with Crippen molar-refractivity contribution in [1.82, 2.24) is 15.5 Å². The first-order valence-electron chi connectivity index (χ1n) is 6.45. The van der Waals surface area contributed by atoms with Crippen molar-refractivity contribution in [3.05, 3.63) is 0 Å². The normalized spacial score (nSPS) is 31.4. The fourth-order valence-corrected chi connectivity index (χ4v) is 2.56. The summed E-state index contributed by atoms with van der Waals surface area (Å²) in [6, 6.07) is -0.177.